The lowest BCUT2D eigenvalue weighted by atomic mass is 10.1. The van der Waals surface area contributed by atoms with E-state index in [0.717, 1.165) is 17.1 Å². The predicted molar refractivity (Wildman–Crippen MR) is 85.9 cm³/mol. The zero-order valence-electron chi connectivity index (χ0n) is 12.2. The molecule has 1 amide bonds. The first-order chi connectivity index (χ1) is 9.60. The lowest BCUT2D eigenvalue weighted by Crippen LogP contribution is -2.32. The van der Waals surface area contributed by atoms with Crippen LogP contribution in [0.5, 0.6) is 5.75 Å². The quantitative estimate of drug-likeness (QED) is 0.894. The number of amides is 1. The Morgan fingerprint density at radius 2 is 2.25 bits per heavy atom. The molecule has 0 spiro atoms. The Labute approximate surface area is 124 Å². The highest BCUT2D eigenvalue weighted by atomic mass is 32.2. The topological polar surface area (TPSA) is 50.4 Å². The second kappa shape index (κ2) is 6.88. The minimum atomic E-state index is -0.0669. The number of rotatable bonds is 4. The molecule has 2 atom stereocenters. The maximum atomic E-state index is 11.2. The van der Waals surface area contributed by atoms with Crippen LogP contribution in [-0.4, -0.2) is 30.1 Å². The summed E-state index contributed by atoms with van der Waals surface area (Å²) in [6.07, 6.45) is 2.40. The van der Waals surface area contributed by atoms with E-state index in [4.69, 9.17) is 4.74 Å². The van der Waals surface area contributed by atoms with Crippen LogP contribution in [0, 0.1) is 0 Å². The van der Waals surface area contributed by atoms with E-state index in [-0.39, 0.29) is 5.91 Å². The molecule has 1 saturated heterocycles. The predicted octanol–water partition coefficient (Wildman–Crippen LogP) is 3.35. The Hall–Kier alpha value is -1.36. The first-order valence-electron chi connectivity index (χ1n) is 6.94. The second-order valence-electron chi connectivity index (χ2n) is 5.07. The lowest BCUT2D eigenvalue weighted by molar-refractivity contribution is -0.114. The summed E-state index contributed by atoms with van der Waals surface area (Å²) in [6, 6.07) is 6.11. The van der Waals surface area contributed by atoms with Gasteiger partial charge in [-0.2, -0.15) is 11.8 Å². The summed E-state index contributed by atoms with van der Waals surface area (Å²) >= 11 is 2.00. The van der Waals surface area contributed by atoms with Gasteiger partial charge in [-0.05, 0) is 36.8 Å². The summed E-state index contributed by atoms with van der Waals surface area (Å²) in [4.78, 5) is 11.2. The number of anilines is 2. The number of carbonyl (C=O) groups excluding carboxylic acids is 1. The maximum Gasteiger partial charge on any atom is 0.221 e. The number of nitrogens with one attached hydrogen (secondary N) is 2. The summed E-state index contributed by atoms with van der Waals surface area (Å²) in [6.45, 7) is 3.77. The molecule has 1 heterocycles. The van der Waals surface area contributed by atoms with Crippen molar-refractivity contribution in [3.63, 3.8) is 0 Å². The average Bonchev–Trinajstić information content (AvgIpc) is 2.41. The van der Waals surface area contributed by atoms with Gasteiger partial charge >= 0.3 is 0 Å². The molecule has 0 radical (unpaired) electrons. The van der Waals surface area contributed by atoms with Gasteiger partial charge in [0.05, 0.1) is 12.8 Å². The number of benzene rings is 1. The molecule has 0 aromatic heterocycles. The fourth-order valence-corrected chi connectivity index (χ4v) is 3.56. The van der Waals surface area contributed by atoms with E-state index in [1.807, 2.05) is 30.0 Å². The highest BCUT2D eigenvalue weighted by Crippen LogP contribution is 2.33. The summed E-state index contributed by atoms with van der Waals surface area (Å²) in [5.41, 5.74) is 1.73. The van der Waals surface area contributed by atoms with Crippen molar-refractivity contribution >= 4 is 29.0 Å². The van der Waals surface area contributed by atoms with Crippen molar-refractivity contribution in [1.82, 2.24) is 0 Å². The zero-order chi connectivity index (χ0) is 14.5. The fraction of sp³-hybridized carbons (Fsp3) is 0.533. The van der Waals surface area contributed by atoms with Crippen LogP contribution in [0.1, 0.15) is 26.7 Å². The molecule has 5 heteroatoms. The Kier molecular flexibility index (Phi) is 5.17. The van der Waals surface area contributed by atoms with Crippen LogP contribution in [0.3, 0.4) is 0 Å². The van der Waals surface area contributed by atoms with Gasteiger partial charge in [0.1, 0.15) is 5.75 Å². The van der Waals surface area contributed by atoms with Crippen LogP contribution >= 0.6 is 11.8 Å². The summed E-state index contributed by atoms with van der Waals surface area (Å²) in [7, 11) is 1.66. The van der Waals surface area contributed by atoms with E-state index in [1.165, 1.54) is 25.5 Å². The SMILES string of the molecule is COc1ccc(NC(C)=O)cc1NC1CCCSC1C. The monoisotopic (exact) mass is 294 g/mol. The fourth-order valence-electron chi connectivity index (χ4n) is 2.41. The molecule has 1 aliphatic rings. The Morgan fingerprint density at radius 1 is 1.45 bits per heavy atom. The van der Waals surface area contributed by atoms with Gasteiger partial charge in [0.25, 0.3) is 0 Å². The molecule has 1 fully saturated rings. The van der Waals surface area contributed by atoms with Gasteiger partial charge in [-0.15, -0.1) is 0 Å². The van der Waals surface area contributed by atoms with Gasteiger partial charge in [-0.25, -0.2) is 0 Å². The Balaban J connectivity index is 2.16. The molecular formula is C15H22N2O2S. The Bertz CT molecular complexity index is 479. The highest BCUT2D eigenvalue weighted by molar-refractivity contribution is 8.00. The van der Waals surface area contributed by atoms with E-state index in [1.54, 1.807) is 7.11 Å². The molecule has 0 bridgehead atoms. The van der Waals surface area contributed by atoms with E-state index >= 15 is 0 Å². The normalized spacial score (nSPS) is 22.1. The van der Waals surface area contributed by atoms with Crippen LogP contribution < -0.4 is 15.4 Å². The lowest BCUT2D eigenvalue weighted by Gasteiger charge is -2.30. The molecule has 4 nitrogen and oxygen atoms in total. The number of thioether (sulfide) groups is 1. The number of ether oxygens (including phenoxy) is 1. The van der Waals surface area contributed by atoms with E-state index in [0.29, 0.717) is 11.3 Å². The van der Waals surface area contributed by atoms with Crippen LogP contribution in [0.25, 0.3) is 0 Å². The summed E-state index contributed by atoms with van der Waals surface area (Å²) in [5, 5.41) is 6.95. The van der Waals surface area contributed by atoms with Gasteiger partial charge < -0.3 is 15.4 Å². The van der Waals surface area contributed by atoms with Crippen LogP contribution in [0.15, 0.2) is 18.2 Å². The van der Waals surface area contributed by atoms with Gasteiger partial charge in [-0.3, -0.25) is 4.79 Å². The molecule has 1 aliphatic heterocycles. The number of hydrogen-bond donors (Lipinski definition) is 2. The third-order valence-corrected chi connectivity index (χ3v) is 4.85. The summed E-state index contributed by atoms with van der Waals surface area (Å²) in [5.74, 6) is 1.98. The van der Waals surface area contributed by atoms with Crippen LogP contribution in [0.4, 0.5) is 11.4 Å². The molecule has 0 saturated carbocycles. The highest BCUT2D eigenvalue weighted by Gasteiger charge is 2.22. The average molecular weight is 294 g/mol. The molecule has 1 aromatic rings. The van der Waals surface area contributed by atoms with Crippen molar-refractivity contribution in [2.75, 3.05) is 23.5 Å². The molecule has 1 aromatic carbocycles. The number of carbonyl (C=O) groups is 1. The minimum Gasteiger partial charge on any atom is -0.495 e. The van der Waals surface area contributed by atoms with Crippen molar-refractivity contribution in [1.29, 1.82) is 0 Å². The second-order valence-corrected chi connectivity index (χ2v) is 6.55. The first-order valence-corrected chi connectivity index (χ1v) is 7.99. The summed E-state index contributed by atoms with van der Waals surface area (Å²) < 4.78 is 5.40. The first kappa shape index (κ1) is 15.0. The van der Waals surface area contributed by atoms with Crippen LogP contribution in [-0.2, 0) is 4.79 Å². The number of hydrogen-bond acceptors (Lipinski definition) is 4. The van der Waals surface area contributed by atoms with E-state index in [9.17, 15) is 4.79 Å². The van der Waals surface area contributed by atoms with Crippen molar-refractivity contribution in [2.24, 2.45) is 0 Å². The van der Waals surface area contributed by atoms with Crippen molar-refractivity contribution in [3.8, 4) is 5.75 Å². The van der Waals surface area contributed by atoms with Gasteiger partial charge in [-0.1, -0.05) is 6.92 Å². The largest absolute Gasteiger partial charge is 0.495 e. The number of methoxy groups -OCH3 is 1. The zero-order valence-corrected chi connectivity index (χ0v) is 13.0. The minimum absolute atomic E-state index is 0.0669. The van der Waals surface area contributed by atoms with Gasteiger partial charge in [0.15, 0.2) is 0 Å². The molecule has 2 unspecified atom stereocenters. The van der Waals surface area contributed by atoms with Gasteiger partial charge in [0.2, 0.25) is 5.91 Å². The molecule has 110 valence electrons. The van der Waals surface area contributed by atoms with Crippen molar-refractivity contribution in [2.45, 2.75) is 38.0 Å². The molecule has 0 aliphatic carbocycles. The third-order valence-electron chi connectivity index (χ3n) is 3.47. The Morgan fingerprint density at radius 3 is 2.90 bits per heavy atom. The van der Waals surface area contributed by atoms with Crippen LogP contribution in [0.2, 0.25) is 0 Å². The standard InChI is InChI=1S/C15H22N2O2S/c1-10-13(5-4-8-20-10)17-14-9-12(16-11(2)18)6-7-15(14)19-3/h6-7,9-10,13,17H,4-5,8H2,1-3H3,(H,16,18). The molecular weight excluding hydrogens is 272 g/mol. The van der Waals surface area contributed by atoms with Gasteiger partial charge in [0, 0.05) is 23.9 Å². The van der Waals surface area contributed by atoms with Crippen molar-refractivity contribution < 1.29 is 9.53 Å². The smallest absolute Gasteiger partial charge is 0.221 e. The van der Waals surface area contributed by atoms with Crippen molar-refractivity contribution in [3.05, 3.63) is 18.2 Å². The maximum absolute atomic E-state index is 11.2. The van der Waals surface area contributed by atoms with E-state index in [2.05, 4.69) is 17.6 Å². The third kappa shape index (κ3) is 3.82. The molecule has 2 rings (SSSR count). The molecule has 2 N–H and O–H groups in total. The van der Waals surface area contributed by atoms with E-state index < -0.39 is 0 Å². The molecule has 20 heavy (non-hydrogen) atoms.